The van der Waals surface area contributed by atoms with Crippen LogP contribution in [0.1, 0.15) is 30.9 Å². The van der Waals surface area contributed by atoms with Crippen LogP contribution in [-0.2, 0) is 6.54 Å². The zero-order chi connectivity index (χ0) is 11.4. The molecule has 0 bridgehead atoms. The van der Waals surface area contributed by atoms with Gasteiger partial charge in [0.15, 0.2) is 0 Å². The Morgan fingerprint density at radius 3 is 2.60 bits per heavy atom. The lowest BCUT2D eigenvalue weighted by atomic mass is 9.99. The molecule has 0 aliphatic heterocycles. The predicted octanol–water partition coefficient (Wildman–Crippen LogP) is 2.44. The third kappa shape index (κ3) is 2.67. The summed E-state index contributed by atoms with van der Waals surface area (Å²) < 4.78 is 18.6. The van der Waals surface area contributed by atoms with Crippen molar-refractivity contribution in [1.29, 1.82) is 0 Å². The molecule has 0 aromatic heterocycles. The van der Waals surface area contributed by atoms with Gasteiger partial charge in [-0.3, -0.25) is 0 Å². The summed E-state index contributed by atoms with van der Waals surface area (Å²) in [6.45, 7) is 4.07. The van der Waals surface area contributed by atoms with Crippen molar-refractivity contribution in [3.8, 4) is 5.75 Å². The summed E-state index contributed by atoms with van der Waals surface area (Å²) in [5.74, 6) is 0.273. The lowest BCUT2D eigenvalue weighted by Gasteiger charge is -2.13. The minimum absolute atomic E-state index is 0.105. The molecule has 0 heterocycles. The maximum absolute atomic E-state index is 13.5. The van der Waals surface area contributed by atoms with Crippen molar-refractivity contribution in [2.75, 3.05) is 7.11 Å². The molecule has 4 heteroatoms. The summed E-state index contributed by atoms with van der Waals surface area (Å²) in [7, 11) is 1.48. The van der Waals surface area contributed by atoms with E-state index in [1.54, 1.807) is 6.07 Å². The number of rotatable bonds is 4. The first-order valence-electron chi connectivity index (χ1n) is 4.83. The summed E-state index contributed by atoms with van der Waals surface area (Å²) >= 11 is 0. The number of benzene rings is 1. The highest BCUT2D eigenvalue weighted by atomic mass is 19.1. The zero-order valence-corrected chi connectivity index (χ0v) is 9.17. The van der Waals surface area contributed by atoms with Gasteiger partial charge in [-0.15, -0.1) is 0 Å². The molecular formula is C11H16FNO2. The van der Waals surface area contributed by atoms with Crippen molar-refractivity contribution in [1.82, 2.24) is 5.48 Å². The molecule has 1 aromatic rings. The molecule has 1 rings (SSSR count). The van der Waals surface area contributed by atoms with Crippen LogP contribution in [0.15, 0.2) is 12.1 Å². The molecule has 0 saturated heterocycles. The minimum Gasteiger partial charge on any atom is -0.496 e. The number of hydroxylamine groups is 1. The molecule has 2 N–H and O–H groups in total. The molecule has 3 nitrogen and oxygen atoms in total. The maximum atomic E-state index is 13.5. The van der Waals surface area contributed by atoms with Gasteiger partial charge in [0, 0.05) is 18.2 Å². The largest absolute Gasteiger partial charge is 0.496 e. The molecule has 15 heavy (non-hydrogen) atoms. The van der Waals surface area contributed by atoms with Crippen LogP contribution in [0.25, 0.3) is 0 Å². The average Bonchev–Trinajstić information content (AvgIpc) is 2.20. The fourth-order valence-corrected chi connectivity index (χ4v) is 1.47. The molecule has 84 valence electrons. The molecule has 0 aliphatic carbocycles. The standard InChI is InChI=1S/C11H16FNO2/c1-7(2)9-4-8(6-13-14)11(15-3)5-10(9)12/h4-5,7,13-14H,6H2,1-3H3. The van der Waals surface area contributed by atoms with Gasteiger partial charge >= 0.3 is 0 Å². The molecule has 0 unspecified atom stereocenters. The number of nitrogens with one attached hydrogen (secondary N) is 1. The van der Waals surface area contributed by atoms with Crippen LogP contribution in [0.2, 0.25) is 0 Å². The number of hydrogen-bond donors (Lipinski definition) is 2. The van der Waals surface area contributed by atoms with Crippen LogP contribution in [0.5, 0.6) is 5.75 Å². The van der Waals surface area contributed by atoms with Crippen LogP contribution in [-0.4, -0.2) is 12.3 Å². The molecule has 0 amide bonds. The van der Waals surface area contributed by atoms with Gasteiger partial charge in [-0.05, 0) is 17.5 Å². The zero-order valence-electron chi connectivity index (χ0n) is 9.17. The first kappa shape index (κ1) is 11.9. The second kappa shape index (κ2) is 5.09. The normalized spacial score (nSPS) is 10.8. The van der Waals surface area contributed by atoms with E-state index < -0.39 is 0 Å². The smallest absolute Gasteiger partial charge is 0.130 e. The third-order valence-electron chi connectivity index (χ3n) is 2.29. The van der Waals surface area contributed by atoms with E-state index in [1.807, 2.05) is 19.3 Å². The van der Waals surface area contributed by atoms with E-state index in [0.29, 0.717) is 11.3 Å². The Hall–Kier alpha value is -1.13. The number of hydrogen-bond acceptors (Lipinski definition) is 3. The maximum Gasteiger partial charge on any atom is 0.130 e. The minimum atomic E-state index is -0.275. The Morgan fingerprint density at radius 1 is 1.47 bits per heavy atom. The van der Waals surface area contributed by atoms with Crippen molar-refractivity contribution in [2.45, 2.75) is 26.3 Å². The van der Waals surface area contributed by atoms with Crippen molar-refractivity contribution >= 4 is 0 Å². The van der Waals surface area contributed by atoms with Crippen molar-refractivity contribution < 1.29 is 14.3 Å². The second-order valence-electron chi connectivity index (χ2n) is 3.68. The van der Waals surface area contributed by atoms with Crippen LogP contribution in [0.3, 0.4) is 0 Å². The fourth-order valence-electron chi connectivity index (χ4n) is 1.47. The Bertz CT molecular complexity index is 340. The van der Waals surface area contributed by atoms with Gasteiger partial charge in [-0.2, -0.15) is 0 Å². The number of ether oxygens (including phenoxy) is 1. The second-order valence-corrected chi connectivity index (χ2v) is 3.68. The van der Waals surface area contributed by atoms with Gasteiger partial charge in [0.25, 0.3) is 0 Å². The molecule has 0 saturated carbocycles. The van der Waals surface area contributed by atoms with E-state index >= 15 is 0 Å². The van der Waals surface area contributed by atoms with Crippen LogP contribution in [0, 0.1) is 5.82 Å². The van der Waals surface area contributed by atoms with Gasteiger partial charge in [0.2, 0.25) is 0 Å². The van der Waals surface area contributed by atoms with E-state index in [1.165, 1.54) is 13.2 Å². The molecule has 0 radical (unpaired) electrons. The first-order chi connectivity index (χ1) is 7.10. The Balaban J connectivity index is 3.17. The van der Waals surface area contributed by atoms with Crippen LogP contribution >= 0.6 is 0 Å². The third-order valence-corrected chi connectivity index (χ3v) is 2.29. The highest BCUT2D eigenvalue weighted by Crippen LogP contribution is 2.27. The van der Waals surface area contributed by atoms with Gasteiger partial charge in [0.1, 0.15) is 11.6 Å². The molecular weight excluding hydrogens is 197 g/mol. The van der Waals surface area contributed by atoms with Gasteiger partial charge < -0.3 is 9.94 Å². The highest BCUT2D eigenvalue weighted by molar-refractivity contribution is 5.39. The summed E-state index contributed by atoms with van der Waals surface area (Å²) in [4.78, 5) is 0. The van der Waals surface area contributed by atoms with E-state index in [-0.39, 0.29) is 18.3 Å². The summed E-state index contributed by atoms with van der Waals surface area (Å²) in [5, 5.41) is 8.64. The summed E-state index contributed by atoms with van der Waals surface area (Å²) in [5.41, 5.74) is 3.41. The van der Waals surface area contributed by atoms with Crippen LogP contribution < -0.4 is 10.2 Å². The van der Waals surface area contributed by atoms with Crippen molar-refractivity contribution in [3.63, 3.8) is 0 Å². The number of halogens is 1. The number of methoxy groups -OCH3 is 1. The molecule has 0 spiro atoms. The Kier molecular flexibility index (Phi) is 4.05. The van der Waals surface area contributed by atoms with E-state index in [4.69, 9.17) is 9.94 Å². The first-order valence-corrected chi connectivity index (χ1v) is 4.83. The SMILES string of the molecule is COc1cc(F)c(C(C)C)cc1CNO. The van der Waals surface area contributed by atoms with Crippen LogP contribution in [0.4, 0.5) is 4.39 Å². The Morgan fingerprint density at radius 2 is 2.13 bits per heavy atom. The molecule has 1 aromatic carbocycles. The molecule has 0 atom stereocenters. The quantitative estimate of drug-likeness (QED) is 0.755. The van der Waals surface area contributed by atoms with E-state index in [9.17, 15) is 4.39 Å². The monoisotopic (exact) mass is 213 g/mol. The van der Waals surface area contributed by atoms with Gasteiger partial charge in [-0.25, -0.2) is 9.87 Å². The molecule has 0 fully saturated rings. The van der Waals surface area contributed by atoms with Crippen molar-refractivity contribution in [2.24, 2.45) is 0 Å². The lowest BCUT2D eigenvalue weighted by Crippen LogP contribution is -2.09. The van der Waals surface area contributed by atoms with Gasteiger partial charge in [-0.1, -0.05) is 13.8 Å². The van der Waals surface area contributed by atoms with E-state index in [0.717, 1.165) is 5.56 Å². The highest BCUT2D eigenvalue weighted by Gasteiger charge is 2.12. The summed E-state index contributed by atoms with van der Waals surface area (Å²) in [6.07, 6.45) is 0. The summed E-state index contributed by atoms with van der Waals surface area (Å²) in [6, 6.07) is 3.06. The predicted molar refractivity (Wildman–Crippen MR) is 55.7 cm³/mol. The Labute approximate surface area is 88.8 Å². The van der Waals surface area contributed by atoms with E-state index in [2.05, 4.69) is 0 Å². The van der Waals surface area contributed by atoms with Gasteiger partial charge in [0.05, 0.1) is 7.11 Å². The average molecular weight is 213 g/mol. The lowest BCUT2D eigenvalue weighted by molar-refractivity contribution is 0.160. The molecule has 0 aliphatic rings. The topological polar surface area (TPSA) is 41.5 Å². The fraction of sp³-hybridized carbons (Fsp3) is 0.455. The van der Waals surface area contributed by atoms with Crippen molar-refractivity contribution in [3.05, 3.63) is 29.1 Å².